The number of carbonyl (C=O) groups is 3. The van der Waals surface area contributed by atoms with Gasteiger partial charge in [0.1, 0.15) is 0 Å². The van der Waals surface area contributed by atoms with Gasteiger partial charge >= 0.3 is 0 Å². The minimum Gasteiger partial charge on any atom is -0.307 e. The molecule has 1 aliphatic heterocycles. The highest BCUT2D eigenvalue weighted by Crippen LogP contribution is 2.34. The highest BCUT2D eigenvalue weighted by atomic mass is 79.9. The average Bonchev–Trinajstić information content (AvgIpc) is 2.85. The molecule has 0 saturated heterocycles. The summed E-state index contributed by atoms with van der Waals surface area (Å²) in [5, 5.41) is 1.49. The van der Waals surface area contributed by atoms with E-state index in [0.717, 1.165) is 15.4 Å². The normalized spacial score (nSPS) is 12.8. The Hall–Kier alpha value is -3.29. The summed E-state index contributed by atoms with van der Waals surface area (Å²) >= 11 is 6.98. The molecule has 0 aliphatic carbocycles. The lowest BCUT2D eigenvalue weighted by Gasteiger charge is -2.30. The third-order valence-electron chi connectivity index (χ3n) is 6.15. The number of imide groups is 1. The van der Waals surface area contributed by atoms with Gasteiger partial charge in [-0.25, -0.2) is 0 Å². The van der Waals surface area contributed by atoms with Crippen molar-refractivity contribution >= 4 is 66.0 Å². The lowest BCUT2D eigenvalue weighted by Crippen LogP contribution is -2.46. The van der Waals surface area contributed by atoms with Crippen molar-refractivity contribution in [3.8, 4) is 0 Å². The van der Waals surface area contributed by atoms with Gasteiger partial charge in [-0.3, -0.25) is 19.3 Å². The van der Waals surface area contributed by atoms with Crippen molar-refractivity contribution in [1.29, 1.82) is 0 Å². The highest BCUT2D eigenvalue weighted by molar-refractivity contribution is 9.11. The zero-order chi connectivity index (χ0) is 24.7. The molecule has 5 rings (SSSR count). The molecular formula is C28H20Br2N2O3. The molecule has 1 heterocycles. The van der Waals surface area contributed by atoms with Gasteiger partial charge in [-0.2, -0.15) is 0 Å². The molecule has 0 aromatic heterocycles. The lowest BCUT2D eigenvalue weighted by atomic mass is 9.94. The number of anilines is 1. The van der Waals surface area contributed by atoms with Crippen LogP contribution in [0.15, 0.2) is 87.8 Å². The van der Waals surface area contributed by atoms with E-state index >= 15 is 0 Å². The van der Waals surface area contributed by atoms with Gasteiger partial charge in [-0.05, 0) is 76.3 Å². The van der Waals surface area contributed by atoms with Crippen LogP contribution in [0.2, 0.25) is 0 Å². The first-order valence-corrected chi connectivity index (χ1v) is 12.7. The summed E-state index contributed by atoms with van der Waals surface area (Å²) in [6.07, 6.45) is 0. The van der Waals surface area contributed by atoms with E-state index in [0.29, 0.717) is 32.2 Å². The topological polar surface area (TPSA) is 57.7 Å². The molecule has 3 amide bonds. The Morgan fingerprint density at radius 3 is 2.29 bits per heavy atom. The van der Waals surface area contributed by atoms with Crippen LogP contribution in [-0.2, 0) is 0 Å². The van der Waals surface area contributed by atoms with Crippen LogP contribution in [0.25, 0.3) is 10.8 Å². The van der Waals surface area contributed by atoms with Crippen LogP contribution in [0.1, 0.15) is 36.6 Å². The molecule has 0 spiro atoms. The first-order valence-electron chi connectivity index (χ1n) is 11.1. The van der Waals surface area contributed by atoms with Crippen LogP contribution >= 0.6 is 31.9 Å². The summed E-state index contributed by atoms with van der Waals surface area (Å²) < 4.78 is 1.51. The Morgan fingerprint density at radius 2 is 1.54 bits per heavy atom. The van der Waals surface area contributed by atoms with Gasteiger partial charge in [0.2, 0.25) is 0 Å². The number of carbonyl (C=O) groups excluding carboxylic acids is 3. The number of nitrogens with zero attached hydrogens (tertiary/aromatic N) is 2. The monoisotopic (exact) mass is 590 g/mol. The molecule has 7 heteroatoms. The number of hydrogen-bond donors (Lipinski definition) is 0. The SMILES string of the molecule is Cc1cccc(N(CCN2C(=O)c3cccc4c(Br)ccc(c34)C2=O)C(=O)c2ccccc2Br)c1. The quantitative estimate of drug-likeness (QED) is 0.245. The highest BCUT2D eigenvalue weighted by Gasteiger charge is 2.34. The van der Waals surface area contributed by atoms with Crippen LogP contribution in [0.4, 0.5) is 5.69 Å². The van der Waals surface area contributed by atoms with Crippen molar-refractivity contribution in [2.75, 3.05) is 18.0 Å². The van der Waals surface area contributed by atoms with E-state index in [1.54, 1.807) is 29.2 Å². The number of aryl methyl sites for hydroxylation is 1. The van der Waals surface area contributed by atoms with Crippen molar-refractivity contribution in [2.45, 2.75) is 6.92 Å². The fourth-order valence-electron chi connectivity index (χ4n) is 4.44. The van der Waals surface area contributed by atoms with E-state index < -0.39 is 0 Å². The maximum absolute atomic E-state index is 13.6. The molecule has 35 heavy (non-hydrogen) atoms. The Bertz CT molecular complexity index is 1490. The second-order valence-corrected chi connectivity index (χ2v) is 10.1. The van der Waals surface area contributed by atoms with Gasteiger partial charge in [0.15, 0.2) is 0 Å². The molecule has 0 bridgehead atoms. The zero-order valence-electron chi connectivity index (χ0n) is 18.8. The summed E-state index contributed by atoms with van der Waals surface area (Å²) in [5.74, 6) is -0.932. The minimum atomic E-state index is -0.358. The van der Waals surface area contributed by atoms with Crippen molar-refractivity contribution in [2.24, 2.45) is 0 Å². The molecule has 1 aliphatic rings. The van der Waals surface area contributed by atoms with Crippen LogP contribution in [0.5, 0.6) is 0 Å². The first-order chi connectivity index (χ1) is 16.9. The second-order valence-electron chi connectivity index (χ2n) is 8.36. The van der Waals surface area contributed by atoms with Crippen LogP contribution in [-0.4, -0.2) is 35.7 Å². The van der Waals surface area contributed by atoms with E-state index in [-0.39, 0.29) is 30.8 Å². The lowest BCUT2D eigenvalue weighted by molar-refractivity contribution is 0.0611. The smallest absolute Gasteiger partial charge is 0.261 e. The van der Waals surface area contributed by atoms with Gasteiger partial charge < -0.3 is 4.90 Å². The molecule has 4 aromatic rings. The maximum atomic E-state index is 13.6. The van der Waals surface area contributed by atoms with E-state index in [2.05, 4.69) is 31.9 Å². The minimum absolute atomic E-state index is 0.0632. The summed E-state index contributed by atoms with van der Waals surface area (Å²) in [7, 11) is 0. The number of halogens is 2. The second kappa shape index (κ2) is 9.40. The van der Waals surface area contributed by atoms with E-state index in [4.69, 9.17) is 0 Å². The zero-order valence-corrected chi connectivity index (χ0v) is 22.0. The fraction of sp³-hybridized carbons (Fsp3) is 0.107. The Kier molecular flexibility index (Phi) is 6.30. The molecule has 174 valence electrons. The van der Waals surface area contributed by atoms with E-state index in [9.17, 15) is 14.4 Å². The predicted octanol–water partition coefficient (Wildman–Crippen LogP) is 6.62. The van der Waals surface area contributed by atoms with E-state index in [1.807, 2.05) is 61.5 Å². The fourth-order valence-corrected chi connectivity index (χ4v) is 5.35. The molecule has 4 aromatic carbocycles. The molecule has 0 atom stereocenters. The number of hydrogen-bond acceptors (Lipinski definition) is 3. The van der Waals surface area contributed by atoms with Crippen LogP contribution in [0.3, 0.4) is 0 Å². The third-order valence-corrected chi connectivity index (χ3v) is 7.53. The Morgan fingerprint density at radius 1 is 0.829 bits per heavy atom. The molecule has 0 unspecified atom stereocenters. The molecule has 0 radical (unpaired) electrons. The van der Waals surface area contributed by atoms with Gasteiger partial charge in [-0.15, -0.1) is 0 Å². The molecule has 0 N–H and O–H groups in total. The summed E-state index contributed by atoms with van der Waals surface area (Å²) in [6, 6.07) is 23.8. The van der Waals surface area contributed by atoms with Crippen LogP contribution in [0, 0.1) is 6.92 Å². The molecule has 0 fully saturated rings. The average molecular weight is 592 g/mol. The molecular weight excluding hydrogens is 572 g/mol. The van der Waals surface area contributed by atoms with Crippen molar-refractivity contribution in [3.63, 3.8) is 0 Å². The molecule has 0 saturated carbocycles. The number of amides is 3. The Balaban J connectivity index is 1.50. The largest absolute Gasteiger partial charge is 0.307 e. The number of rotatable bonds is 5. The maximum Gasteiger partial charge on any atom is 0.261 e. The Labute approximate surface area is 219 Å². The predicted molar refractivity (Wildman–Crippen MR) is 144 cm³/mol. The van der Waals surface area contributed by atoms with Gasteiger partial charge in [0, 0.05) is 44.2 Å². The standard InChI is InChI=1S/C28H20Br2N2O3/c1-17-6-4-7-18(16-17)31(26(33)20-8-2-3-11-23(20)29)14-15-32-27(34)21-10-5-9-19-24(30)13-12-22(25(19)21)28(32)35/h2-13,16H,14-15H2,1H3. The van der Waals surface area contributed by atoms with Crippen molar-refractivity contribution in [1.82, 2.24) is 4.90 Å². The summed E-state index contributed by atoms with van der Waals surface area (Å²) in [4.78, 5) is 43.3. The van der Waals surface area contributed by atoms with Gasteiger partial charge in [0.25, 0.3) is 17.7 Å². The van der Waals surface area contributed by atoms with Crippen molar-refractivity contribution in [3.05, 3.63) is 110 Å². The summed E-state index contributed by atoms with van der Waals surface area (Å²) in [6.45, 7) is 2.18. The van der Waals surface area contributed by atoms with Gasteiger partial charge in [-0.1, -0.05) is 52.3 Å². The van der Waals surface area contributed by atoms with E-state index in [1.165, 1.54) is 4.90 Å². The first kappa shape index (κ1) is 23.5. The number of benzene rings is 4. The third kappa shape index (κ3) is 4.19. The van der Waals surface area contributed by atoms with Gasteiger partial charge in [0.05, 0.1) is 5.56 Å². The summed E-state index contributed by atoms with van der Waals surface area (Å²) in [5.41, 5.74) is 3.18. The molecule has 5 nitrogen and oxygen atoms in total. The van der Waals surface area contributed by atoms with Crippen LogP contribution < -0.4 is 4.90 Å². The van der Waals surface area contributed by atoms with Crippen molar-refractivity contribution < 1.29 is 14.4 Å².